The van der Waals surface area contributed by atoms with Crippen LogP contribution in [-0.2, 0) is 10.8 Å². The minimum absolute atomic E-state index is 0.270. The highest BCUT2D eigenvalue weighted by Crippen LogP contribution is 2.27. The second-order valence-electron chi connectivity index (χ2n) is 4.01. The van der Waals surface area contributed by atoms with Crippen molar-refractivity contribution in [3.8, 4) is 0 Å². The molecule has 1 saturated heterocycles. The summed E-state index contributed by atoms with van der Waals surface area (Å²) in [7, 11) is -0.680. The van der Waals surface area contributed by atoms with E-state index >= 15 is 0 Å². The van der Waals surface area contributed by atoms with Crippen molar-refractivity contribution in [2.45, 2.75) is 13.0 Å². The lowest BCUT2D eigenvalue weighted by molar-refractivity contribution is 0.522. The Morgan fingerprint density at radius 1 is 1.60 bits per heavy atom. The van der Waals surface area contributed by atoms with Gasteiger partial charge in [0.1, 0.15) is 0 Å². The molecule has 15 heavy (non-hydrogen) atoms. The third kappa shape index (κ3) is 3.12. The fourth-order valence-electron chi connectivity index (χ4n) is 1.73. The minimum atomic E-state index is -0.680. The summed E-state index contributed by atoms with van der Waals surface area (Å²) in [6.07, 6.45) is 0. The molecule has 1 aliphatic rings. The Kier molecular flexibility index (Phi) is 3.98. The lowest BCUT2D eigenvalue weighted by Crippen LogP contribution is -2.25. The summed E-state index contributed by atoms with van der Waals surface area (Å²) in [5, 5.41) is 5.57. The SMILES string of the molecule is CC1CNC(c2cc(Br)cs2)CS(=O)C1. The molecule has 5 heteroatoms. The topological polar surface area (TPSA) is 29.1 Å². The Balaban J connectivity index is 2.12. The monoisotopic (exact) mass is 307 g/mol. The van der Waals surface area contributed by atoms with E-state index in [1.165, 1.54) is 4.88 Å². The van der Waals surface area contributed by atoms with E-state index < -0.39 is 10.8 Å². The Hall–Kier alpha value is 0.290. The predicted molar refractivity (Wildman–Crippen MR) is 69.8 cm³/mol. The standard InChI is InChI=1S/C10H14BrNOS2/c1-7-3-12-9(6-15(13)5-7)10-2-8(11)4-14-10/h2,4,7,9,12H,3,5-6H2,1H3. The van der Waals surface area contributed by atoms with E-state index in [0.717, 1.165) is 22.5 Å². The average molecular weight is 308 g/mol. The molecule has 84 valence electrons. The summed E-state index contributed by atoms with van der Waals surface area (Å²) in [6.45, 7) is 3.11. The van der Waals surface area contributed by atoms with E-state index in [-0.39, 0.29) is 6.04 Å². The highest BCUT2D eigenvalue weighted by molar-refractivity contribution is 9.10. The number of nitrogens with one attached hydrogen (secondary N) is 1. The third-order valence-electron chi connectivity index (χ3n) is 2.47. The van der Waals surface area contributed by atoms with Crippen molar-refractivity contribution < 1.29 is 4.21 Å². The van der Waals surface area contributed by atoms with Crippen LogP contribution < -0.4 is 5.32 Å². The summed E-state index contributed by atoms with van der Waals surface area (Å²) in [5.74, 6) is 2.09. The number of rotatable bonds is 1. The number of halogens is 1. The van der Waals surface area contributed by atoms with E-state index in [9.17, 15) is 4.21 Å². The zero-order chi connectivity index (χ0) is 10.8. The summed E-state index contributed by atoms with van der Waals surface area (Å²) in [5.41, 5.74) is 0. The lowest BCUT2D eigenvalue weighted by Gasteiger charge is -2.13. The van der Waals surface area contributed by atoms with Gasteiger partial charge in [0.15, 0.2) is 0 Å². The zero-order valence-electron chi connectivity index (χ0n) is 8.53. The molecular weight excluding hydrogens is 294 g/mol. The largest absolute Gasteiger partial charge is 0.308 e. The summed E-state index contributed by atoms with van der Waals surface area (Å²) < 4.78 is 12.9. The molecule has 0 aliphatic carbocycles. The lowest BCUT2D eigenvalue weighted by atomic mass is 10.2. The van der Waals surface area contributed by atoms with Crippen molar-refractivity contribution in [3.05, 3.63) is 20.8 Å². The van der Waals surface area contributed by atoms with Gasteiger partial charge in [0.25, 0.3) is 0 Å². The van der Waals surface area contributed by atoms with Crippen LogP contribution in [0.5, 0.6) is 0 Å². The maximum Gasteiger partial charge on any atom is 0.0532 e. The molecule has 2 rings (SSSR count). The van der Waals surface area contributed by atoms with Crippen molar-refractivity contribution in [2.24, 2.45) is 5.92 Å². The molecule has 2 nitrogen and oxygen atoms in total. The minimum Gasteiger partial charge on any atom is -0.308 e. The van der Waals surface area contributed by atoms with Crippen LogP contribution in [0.15, 0.2) is 15.9 Å². The molecule has 3 unspecified atom stereocenters. The molecule has 1 aromatic heterocycles. The van der Waals surface area contributed by atoms with Gasteiger partial charge < -0.3 is 5.32 Å². The normalized spacial score (nSPS) is 32.5. The Morgan fingerprint density at radius 3 is 3.07 bits per heavy atom. The average Bonchev–Trinajstić information content (AvgIpc) is 2.51. The van der Waals surface area contributed by atoms with Crippen LogP contribution in [0.2, 0.25) is 0 Å². The van der Waals surface area contributed by atoms with Gasteiger partial charge in [-0.3, -0.25) is 4.21 Å². The fourth-order valence-corrected chi connectivity index (χ4v) is 4.91. The summed E-state index contributed by atoms with van der Waals surface area (Å²) in [6, 6.07) is 2.39. The molecule has 0 spiro atoms. The van der Waals surface area contributed by atoms with E-state index in [1.54, 1.807) is 11.3 Å². The van der Waals surface area contributed by atoms with Crippen molar-refractivity contribution in [3.63, 3.8) is 0 Å². The molecule has 0 aromatic carbocycles. The fraction of sp³-hybridized carbons (Fsp3) is 0.600. The van der Waals surface area contributed by atoms with Gasteiger partial charge >= 0.3 is 0 Å². The first-order valence-electron chi connectivity index (χ1n) is 4.97. The molecular formula is C10H14BrNOS2. The number of hydrogen-bond donors (Lipinski definition) is 1. The maximum atomic E-state index is 11.7. The first-order chi connectivity index (χ1) is 7.15. The highest BCUT2D eigenvalue weighted by Gasteiger charge is 2.22. The highest BCUT2D eigenvalue weighted by atomic mass is 79.9. The molecule has 2 heterocycles. The van der Waals surface area contributed by atoms with Crippen molar-refractivity contribution in [1.29, 1.82) is 0 Å². The second-order valence-corrected chi connectivity index (χ2v) is 7.41. The molecule has 3 atom stereocenters. The van der Waals surface area contributed by atoms with Crippen molar-refractivity contribution >= 4 is 38.1 Å². The van der Waals surface area contributed by atoms with Gasteiger partial charge in [0.05, 0.1) is 6.04 Å². The van der Waals surface area contributed by atoms with Crippen LogP contribution in [-0.4, -0.2) is 22.3 Å². The molecule has 0 bridgehead atoms. The van der Waals surface area contributed by atoms with E-state index in [2.05, 4.69) is 39.6 Å². The predicted octanol–water partition coefficient (Wildman–Crippen LogP) is 2.54. The Labute approximate surface area is 105 Å². The van der Waals surface area contributed by atoms with Gasteiger partial charge in [-0.15, -0.1) is 11.3 Å². The molecule has 1 N–H and O–H groups in total. The van der Waals surface area contributed by atoms with Gasteiger partial charge in [0.2, 0.25) is 0 Å². The molecule has 0 amide bonds. The van der Waals surface area contributed by atoms with E-state index in [0.29, 0.717) is 5.92 Å². The van der Waals surface area contributed by atoms with Crippen LogP contribution >= 0.6 is 27.3 Å². The number of thiophene rings is 1. The Morgan fingerprint density at radius 2 is 2.40 bits per heavy atom. The smallest absolute Gasteiger partial charge is 0.0532 e. The third-order valence-corrected chi connectivity index (χ3v) is 5.92. The molecule has 1 fully saturated rings. The summed E-state index contributed by atoms with van der Waals surface area (Å²) >= 11 is 5.18. The van der Waals surface area contributed by atoms with Gasteiger partial charge in [-0.25, -0.2) is 0 Å². The van der Waals surface area contributed by atoms with Crippen LogP contribution in [0.4, 0.5) is 0 Å². The zero-order valence-corrected chi connectivity index (χ0v) is 11.8. The van der Waals surface area contributed by atoms with Gasteiger partial charge in [-0.1, -0.05) is 6.92 Å². The second kappa shape index (κ2) is 5.08. The molecule has 0 saturated carbocycles. The maximum absolute atomic E-state index is 11.7. The van der Waals surface area contributed by atoms with Crippen molar-refractivity contribution in [2.75, 3.05) is 18.1 Å². The Bertz CT molecular complexity index is 366. The first-order valence-corrected chi connectivity index (χ1v) is 8.13. The molecule has 1 aromatic rings. The molecule has 1 aliphatic heterocycles. The number of hydrogen-bond acceptors (Lipinski definition) is 3. The van der Waals surface area contributed by atoms with Crippen LogP contribution in [0, 0.1) is 5.92 Å². The quantitative estimate of drug-likeness (QED) is 0.864. The van der Waals surface area contributed by atoms with E-state index in [1.807, 2.05) is 0 Å². The van der Waals surface area contributed by atoms with Gasteiger partial charge in [-0.2, -0.15) is 0 Å². The van der Waals surface area contributed by atoms with Gasteiger partial charge in [-0.05, 0) is 34.5 Å². The first kappa shape index (κ1) is 11.8. The van der Waals surface area contributed by atoms with Crippen molar-refractivity contribution in [1.82, 2.24) is 5.32 Å². The van der Waals surface area contributed by atoms with Crippen LogP contribution in [0.3, 0.4) is 0 Å². The van der Waals surface area contributed by atoms with Gasteiger partial charge in [0, 0.05) is 37.0 Å². The van der Waals surface area contributed by atoms with Crippen LogP contribution in [0.1, 0.15) is 17.8 Å². The van der Waals surface area contributed by atoms with Crippen LogP contribution in [0.25, 0.3) is 0 Å². The van der Waals surface area contributed by atoms with E-state index in [4.69, 9.17) is 0 Å². The molecule has 0 radical (unpaired) electrons. The summed E-state index contributed by atoms with van der Waals surface area (Å²) in [4.78, 5) is 1.28.